The Morgan fingerprint density at radius 3 is 1.86 bits per heavy atom. The predicted octanol–water partition coefficient (Wildman–Crippen LogP) is 6.19. The highest BCUT2D eigenvalue weighted by Gasteiger charge is 2.69. The second-order valence-corrected chi connectivity index (χ2v) is 14.8. The van der Waals surface area contributed by atoms with Gasteiger partial charge in [0.25, 0.3) is 0 Å². The minimum atomic E-state index is -4.42. The van der Waals surface area contributed by atoms with Crippen molar-refractivity contribution in [2.45, 2.75) is 75.5 Å². The number of rotatable bonds is 8. The monoisotopic (exact) mass is 612 g/mol. The number of hydrogen-bond acceptors (Lipinski definition) is 7. The van der Waals surface area contributed by atoms with E-state index in [1.54, 1.807) is 90.1 Å². The van der Waals surface area contributed by atoms with Gasteiger partial charge < -0.3 is 15.2 Å². The number of halogens is 1. The molecule has 0 aliphatic heterocycles. The molecule has 2 atom stereocenters. The summed E-state index contributed by atoms with van der Waals surface area (Å²) in [7, 11) is -4.42. The minimum Gasteiger partial charge on any atom is -0.459 e. The van der Waals surface area contributed by atoms with Gasteiger partial charge in [-0.2, -0.15) is 4.31 Å². The fourth-order valence-electron chi connectivity index (χ4n) is 4.86. The molecule has 0 bridgehead atoms. The molecule has 2 N–H and O–H groups in total. The predicted molar refractivity (Wildman–Crippen MR) is 163 cm³/mol. The van der Waals surface area contributed by atoms with Crippen LogP contribution in [0.1, 0.15) is 59.4 Å². The van der Waals surface area contributed by atoms with E-state index in [1.807, 2.05) is 12.1 Å². The number of benzene rings is 3. The molecule has 10 heteroatoms. The molecule has 42 heavy (non-hydrogen) atoms. The lowest BCUT2D eigenvalue weighted by atomic mass is 10.0. The summed E-state index contributed by atoms with van der Waals surface area (Å²) in [5.74, 6) is -2.09. The third kappa shape index (κ3) is 6.97. The molecule has 0 amide bonds. The van der Waals surface area contributed by atoms with Gasteiger partial charge in [-0.1, -0.05) is 48.0 Å². The maximum Gasteiger partial charge on any atom is 0.328 e. The zero-order chi connectivity index (χ0) is 31.1. The van der Waals surface area contributed by atoms with Crippen LogP contribution in [0, 0.1) is 0 Å². The average Bonchev–Trinajstić information content (AvgIpc) is 3.63. The topological polar surface area (TPSA) is 116 Å². The number of esters is 2. The van der Waals surface area contributed by atoms with Crippen LogP contribution in [0.3, 0.4) is 0 Å². The summed E-state index contributed by atoms with van der Waals surface area (Å²) in [5.41, 5.74) is 5.30. The number of carbonyl (C=O) groups excluding carboxylic acids is 2. The van der Waals surface area contributed by atoms with E-state index in [4.69, 9.17) is 26.8 Å². The maximum absolute atomic E-state index is 14.4. The normalized spacial score (nSPS) is 18.9. The first kappa shape index (κ1) is 31.5. The van der Waals surface area contributed by atoms with E-state index < -0.39 is 51.2 Å². The number of nitrogen functional groups attached to an aromatic ring is 1. The van der Waals surface area contributed by atoms with Gasteiger partial charge in [0, 0.05) is 16.6 Å². The molecule has 1 aliphatic rings. The first-order valence-electron chi connectivity index (χ1n) is 13.6. The Balaban J connectivity index is 1.81. The van der Waals surface area contributed by atoms with Crippen LogP contribution >= 0.6 is 11.6 Å². The van der Waals surface area contributed by atoms with Gasteiger partial charge in [-0.15, -0.1) is 0 Å². The molecule has 0 radical (unpaired) electrons. The number of ether oxygens (including phenoxy) is 2. The number of sulfonamides is 1. The summed E-state index contributed by atoms with van der Waals surface area (Å²) in [6.45, 7) is 9.53. The maximum atomic E-state index is 14.4. The van der Waals surface area contributed by atoms with Crippen LogP contribution < -0.4 is 5.73 Å². The van der Waals surface area contributed by atoms with E-state index in [-0.39, 0.29) is 11.3 Å². The van der Waals surface area contributed by atoms with E-state index in [2.05, 4.69) is 0 Å². The molecule has 1 saturated carbocycles. The standard InChI is InChI=1S/C32H37ClN2O6S/c1-30(2,3)40-28(36)20-35(42(38,39)26-17-11-22(12-18-26)21-7-13-24(33)14-8-21)32(29(37)41-31(4,5)6)19-27(32)23-9-15-25(34)16-10-23/h7-18,27H,19-20,34H2,1-6H3. The Morgan fingerprint density at radius 1 is 0.857 bits per heavy atom. The first-order valence-corrected chi connectivity index (χ1v) is 15.4. The van der Waals surface area contributed by atoms with Crippen molar-refractivity contribution in [3.05, 3.63) is 83.4 Å². The molecule has 3 aromatic rings. The summed E-state index contributed by atoms with van der Waals surface area (Å²) in [4.78, 5) is 27.0. The van der Waals surface area contributed by atoms with Crippen LogP contribution in [0.2, 0.25) is 5.02 Å². The molecular weight excluding hydrogens is 576 g/mol. The Bertz CT molecular complexity index is 1560. The fourth-order valence-corrected chi connectivity index (χ4v) is 6.71. The van der Waals surface area contributed by atoms with Gasteiger partial charge in [0.1, 0.15) is 23.3 Å². The van der Waals surface area contributed by atoms with Gasteiger partial charge in [0.2, 0.25) is 10.0 Å². The summed E-state index contributed by atoms with van der Waals surface area (Å²) < 4.78 is 41.0. The summed E-state index contributed by atoms with van der Waals surface area (Å²) in [5, 5.41) is 0.586. The number of nitrogens with zero attached hydrogens (tertiary/aromatic N) is 1. The van der Waals surface area contributed by atoms with Crippen molar-refractivity contribution in [1.82, 2.24) is 4.31 Å². The van der Waals surface area contributed by atoms with Crippen LogP contribution in [0.25, 0.3) is 11.1 Å². The Morgan fingerprint density at radius 2 is 1.36 bits per heavy atom. The number of anilines is 1. The quantitative estimate of drug-likeness (QED) is 0.238. The summed E-state index contributed by atoms with van der Waals surface area (Å²) >= 11 is 6.01. The van der Waals surface area contributed by atoms with Gasteiger partial charge >= 0.3 is 11.9 Å². The Labute approximate surface area is 252 Å². The molecule has 0 aromatic heterocycles. The SMILES string of the molecule is CC(C)(C)OC(=O)CN(C1(C(=O)OC(C)(C)C)CC1c1ccc(N)cc1)S(=O)(=O)c1ccc(-c2ccc(Cl)cc2)cc1. The van der Waals surface area contributed by atoms with Gasteiger partial charge in [-0.05, 0) is 101 Å². The molecule has 8 nitrogen and oxygen atoms in total. The molecule has 1 fully saturated rings. The van der Waals surface area contributed by atoms with Crippen LogP contribution in [-0.2, 0) is 29.1 Å². The lowest BCUT2D eigenvalue weighted by molar-refractivity contribution is -0.163. The lowest BCUT2D eigenvalue weighted by Gasteiger charge is -2.33. The van der Waals surface area contributed by atoms with E-state index in [9.17, 15) is 18.0 Å². The summed E-state index contributed by atoms with van der Waals surface area (Å²) in [6.07, 6.45) is 0.122. The van der Waals surface area contributed by atoms with Crippen molar-refractivity contribution < 1.29 is 27.5 Å². The van der Waals surface area contributed by atoms with Gasteiger partial charge in [-0.3, -0.25) is 4.79 Å². The highest BCUT2D eigenvalue weighted by Crippen LogP contribution is 2.58. The van der Waals surface area contributed by atoms with Crippen LogP contribution in [0.15, 0.2) is 77.7 Å². The minimum absolute atomic E-state index is 0.0744. The smallest absolute Gasteiger partial charge is 0.328 e. The number of nitrogens with two attached hydrogens (primary N) is 1. The average molecular weight is 613 g/mol. The number of hydrogen-bond donors (Lipinski definition) is 1. The largest absolute Gasteiger partial charge is 0.459 e. The van der Waals surface area contributed by atoms with Crippen LogP contribution in [0.5, 0.6) is 0 Å². The van der Waals surface area contributed by atoms with Crippen molar-refractivity contribution >= 4 is 39.3 Å². The Hall–Kier alpha value is -3.40. The zero-order valence-corrected chi connectivity index (χ0v) is 26.3. The summed E-state index contributed by atoms with van der Waals surface area (Å²) in [6, 6.07) is 20.3. The van der Waals surface area contributed by atoms with Crippen molar-refractivity contribution in [3.8, 4) is 11.1 Å². The van der Waals surface area contributed by atoms with E-state index in [1.165, 1.54) is 12.1 Å². The Kier molecular flexibility index (Phi) is 8.53. The van der Waals surface area contributed by atoms with Crippen molar-refractivity contribution in [2.24, 2.45) is 0 Å². The molecule has 1 aliphatic carbocycles. The van der Waals surface area contributed by atoms with E-state index in [0.717, 1.165) is 15.4 Å². The van der Waals surface area contributed by atoms with Gasteiger partial charge in [0.05, 0.1) is 4.90 Å². The van der Waals surface area contributed by atoms with Crippen LogP contribution in [0.4, 0.5) is 5.69 Å². The molecule has 0 saturated heterocycles. The van der Waals surface area contributed by atoms with Gasteiger partial charge in [0.15, 0.2) is 0 Å². The van der Waals surface area contributed by atoms with E-state index >= 15 is 0 Å². The molecule has 0 heterocycles. The van der Waals surface area contributed by atoms with Crippen molar-refractivity contribution in [1.29, 1.82) is 0 Å². The van der Waals surface area contributed by atoms with Gasteiger partial charge in [-0.25, -0.2) is 13.2 Å². The second-order valence-electron chi connectivity index (χ2n) is 12.5. The lowest BCUT2D eigenvalue weighted by Crippen LogP contribution is -2.53. The third-order valence-electron chi connectivity index (χ3n) is 6.78. The zero-order valence-electron chi connectivity index (χ0n) is 24.7. The molecule has 0 spiro atoms. The number of carbonyl (C=O) groups is 2. The molecule has 224 valence electrons. The van der Waals surface area contributed by atoms with E-state index in [0.29, 0.717) is 16.3 Å². The molecule has 3 aromatic carbocycles. The first-order chi connectivity index (χ1) is 19.4. The third-order valence-corrected chi connectivity index (χ3v) is 8.94. The van der Waals surface area contributed by atoms with Crippen molar-refractivity contribution in [2.75, 3.05) is 12.3 Å². The highest BCUT2D eigenvalue weighted by atomic mass is 35.5. The highest BCUT2D eigenvalue weighted by molar-refractivity contribution is 7.89. The fraction of sp³-hybridized carbons (Fsp3) is 0.375. The van der Waals surface area contributed by atoms with Crippen molar-refractivity contribution in [3.63, 3.8) is 0 Å². The molecular formula is C32H37ClN2O6S. The van der Waals surface area contributed by atoms with Crippen LogP contribution in [-0.4, -0.2) is 47.9 Å². The second kappa shape index (κ2) is 11.4. The molecule has 4 rings (SSSR count). The molecule has 2 unspecified atom stereocenters.